The molecule has 29 heavy (non-hydrogen) atoms. The van der Waals surface area contributed by atoms with Crippen molar-refractivity contribution in [3.63, 3.8) is 0 Å². The van der Waals surface area contributed by atoms with E-state index in [1.807, 2.05) is 0 Å². The number of hydrogen-bond acceptors (Lipinski definition) is 5. The number of aryl methyl sites for hydroxylation is 1. The second kappa shape index (κ2) is 8.51. The van der Waals surface area contributed by atoms with Crippen LogP contribution < -0.4 is 14.3 Å². The molecule has 2 amide bonds. The van der Waals surface area contributed by atoms with Crippen LogP contribution in [0.15, 0.2) is 12.4 Å². The monoisotopic (exact) mass is 427 g/mol. The number of anilines is 1. The standard InChI is InChI=1S/C19H33N5O4S/c1-14-6-5-9-19(2,3)17(14)21-18(25)22-29(26,27)24(15-7-10-28-11-8-15)16-12-20-23(4)13-16/h12-15,17H,5-11H2,1-4H3,(H2,21,22,25). The summed E-state index contributed by atoms with van der Waals surface area (Å²) < 4.78 is 36.9. The van der Waals surface area contributed by atoms with Crippen molar-refractivity contribution >= 4 is 21.9 Å². The van der Waals surface area contributed by atoms with Gasteiger partial charge < -0.3 is 10.1 Å². The molecule has 1 aromatic rings. The van der Waals surface area contributed by atoms with Gasteiger partial charge in [0.2, 0.25) is 0 Å². The Morgan fingerprint density at radius 1 is 1.31 bits per heavy atom. The Kier molecular flexibility index (Phi) is 6.42. The minimum atomic E-state index is -4.10. The molecule has 9 nitrogen and oxygen atoms in total. The van der Waals surface area contributed by atoms with E-state index in [0.717, 1.165) is 19.3 Å². The smallest absolute Gasteiger partial charge is 0.330 e. The first-order chi connectivity index (χ1) is 13.6. The van der Waals surface area contributed by atoms with E-state index >= 15 is 0 Å². The van der Waals surface area contributed by atoms with Gasteiger partial charge in [-0.2, -0.15) is 13.5 Å². The summed E-state index contributed by atoms with van der Waals surface area (Å²) in [7, 11) is -2.38. The van der Waals surface area contributed by atoms with Gasteiger partial charge in [-0.3, -0.25) is 4.68 Å². The molecule has 1 aliphatic heterocycles. The Hall–Kier alpha value is -1.81. The number of rotatable bonds is 5. The van der Waals surface area contributed by atoms with Gasteiger partial charge in [-0.25, -0.2) is 13.8 Å². The third-order valence-corrected chi connectivity index (χ3v) is 7.60. The summed E-state index contributed by atoms with van der Waals surface area (Å²) in [6.07, 6.45) is 7.39. The number of nitrogens with zero attached hydrogens (tertiary/aromatic N) is 3. The molecule has 10 heteroatoms. The van der Waals surface area contributed by atoms with Gasteiger partial charge in [0.1, 0.15) is 0 Å². The molecule has 1 saturated carbocycles. The lowest BCUT2D eigenvalue weighted by Crippen LogP contribution is -2.57. The quantitative estimate of drug-likeness (QED) is 0.749. The summed E-state index contributed by atoms with van der Waals surface area (Å²) in [6, 6.07) is -1.05. The predicted molar refractivity (Wildman–Crippen MR) is 111 cm³/mol. The highest BCUT2D eigenvalue weighted by atomic mass is 32.2. The number of urea groups is 1. The molecule has 2 unspecified atom stereocenters. The van der Waals surface area contributed by atoms with Crippen LogP contribution in [-0.4, -0.2) is 49.5 Å². The highest BCUT2D eigenvalue weighted by Crippen LogP contribution is 2.38. The normalized spacial score (nSPS) is 25.4. The molecule has 3 rings (SSSR count). The summed E-state index contributed by atoms with van der Waals surface area (Å²) in [5.74, 6) is 0.289. The topological polar surface area (TPSA) is 106 Å². The summed E-state index contributed by atoms with van der Waals surface area (Å²) in [4.78, 5) is 12.7. The molecule has 2 heterocycles. The van der Waals surface area contributed by atoms with Crippen molar-refractivity contribution in [3.8, 4) is 0 Å². The maximum absolute atomic E-state index is 13.2. The molecule has 1 aromatic heterocycles. The van der Waals surface area contributed by atoms with Crippen molar-refractivity contribution < 1.29 is 17.9 Å². The van der Waals surface area contributed by atoms with Crippen LogP contribution in [0.5, 0.6) is 0 Å². The van der Waals surface area contributed by atoms with Crippen LogP contribution in [-0.2, 0) is 22.0 Å². The Labute approximate surface area is 173 Å². The molecular weight excluding hydrogens is 394 g/mol. The van der Waals surface area contributed by atoms with Crippen LogP contribution in [0, 0.1) is 11.3 Å². The Balaban J connectivity index is 1.78. The lowest BCUT2D eigenvalue weighted by Gasteiger charge is -2.43. The van der Waals surface area contributed by atoms with Crippen molar-refractivity contribution in [1.29, 1.82) is 0 Å². The Morgan fingerprint density at radius 2 is 2.00 bits per heavy atom. The molecule has 0 radical (unpaired) electrons. The highest BCUT2D eigenvalue weighted by molar-refractivity contribution is 7.91. The molecule has 2 aliphatic rings. The molecule has 0 bridgehead atoms. The summed E-state index contributed by atoms with van der Waals surface area (Å²) in [5, 5.41) is 7.03. The largest absolute Gasteiger partial charge is 0.381 e. The number of nitrogens with one attached hydrogen (secondary N) is 2. The lowest BCUT2D eigenvalue weighted by atomic mass is 9.68. The minimum Gasteiger partial charge on any atom is -0.381 e. The minimum absolute atomic E-state index is 0.0808. The van der Waals surface area contributed by atoms with Gasteiger partial charge in [0.25, 0.3) is 0 Å². The Bertz CT molecular complexity index is 816. The fraction of sp³-hybridized carbons (Fsp3) is 0.789. The van der Waals surface area contributed by atoms with Gasteiger partial charge in [-0.05, 0) is 37.0 Å². The highest BCUT2D eigenvalue weighted by Gasteiger charge is 2.39. The molecular formula is C19H33N5O4S. The number of ether oxygens (including phenoxy) is 1. The molecule has 1 saturated heterocycles. The van der Waals surface area contributed by atoms with Gasteiger partial charge in [0, 0.05) is 32.5 Å². The lowest BCUT2D eigenvalue weighted by molar-refractivity contribution is 0.0875. The van der Waals surface area contributed by atoms with Gasteiger partial charge in [0.05, 0.1) is 17.9 Å². The van der Waals surface area contributed by atoms with Crippen LogP contribution in [0.3, 0.4) is 0 Å². The fourth-order valence-corrected chi connectivity index (χ4v) is 6.00. The van der Waals surface area contributed by atoms with Crippen LogP contribution >= 0.6 is 0 Å². The van der Waals surface area contributed by atoms with Crippen LogP contribution in [0.25, 0.3) is 0 Å². The molecule has 164 valence electrons. The summed E-state index contributed by atoms with van der Waals surface area (Å²) in [5.41, 5.74) is 0.355. The number of aromatic nitrogens is 2. The van der Waals surface area contributed by atoms with Crippen LogP contribution in [0.1, 0.15) is 52.9 Å². The summed E-state index contributed by atoms with van der Waals surface area (Å²) in [6.45, 7) is 7.30. The number of carbonyl (C=O) groups excluding carboxylic acids is 1. The molecule has 0 spiro atoms. The van der Waals surface area contributed by atoms with E-state index in [2.05, 4.69) is 35.9 Å². The SMILES string of the molecule is CC1CCCC(C)(C)C1NC(=O)NS(=O)(=O)N(c1cnn(C)c1)C1CCOCC1. The molecule has 2 atom stereocenters. The average Bonchev–Trinajstić information content (AvgIpc) is 3.04. The third kappa shape index (κ3) is 5.03. The average molecular weight is 428 g/mol. The fourth-order valence-electron chi connectivity index (χ4n) is 4.63. The molecule has 2 N–H and O–H groups in total. The third-order valence-electron chi connectivity index (χ3n) is 6.13. The van der Waals surface area contributed by atoms with Crippen molar-refractivity contribution in [3.05, 3.63) is 12.4 Å². The van der Waals surface area contributed by atoms with E-state index in [0.29, 0.717) is 31.7 Å². The van der Waals surface area contributed by atoms with E-state index in [9.17, 15) is 13.2 Å². The number of carbonyl (C=O) groups is 1. The van der Waals surface area contributed by atoms with E-state index < -0.39 is 16.2 Å². The second-order valence-corrected chi connectivity index (χ2v) is 10.5. The molecule has 0 aromatic carbocycles. The molecule has 1 aliphatic carbocycles. The summed E-state index contributed by atoms with van der Waals surface area (Å²) >= 11 is 0. The number of amides is 2. The number of hydrogen-bond donors (Lipinski definition) is 2. The van der Waals surface area contributed by atoms with Crippen LogP contribution in [0.4, 0.5) is 10.5 Å². The zero-order valence-corrected chi connectivity index (χ0v) is 18.5. The maximum Gasteiger partial charge on any atom is 0.330 e. The van der Waals surface area contributed by atoms with E-state index in [4.69, 9.17) is 4.74 Å². The zero-order valence-electron chi connectivity index (χ0n) is 17.7. The van der Waals surface area contributed by atoms with Gasteiger partial charge in [0.15, 0.2) is 0 Å². The van der Waals surface area contributed by atoms with Crippen molar-refractivity contribution in [2.75, 3.05) is 17.5 Å². The Morgan fingerprint density at radius 3 is 2.59 bits per heavy atom. The van der Waals surface area contributed by atoms with Gasteiger partial charge in [-0.15, -0.1) is 0 Å². The first kappa shape index (κ1) is 21.9. The first-order valence-corrected chi connectivity index (χ1v) is 11.7. The second-order valence-electron chi connectivity index (χ2n) is 8.93. The maximum atomic E-state index is 13.2. The van der Waals surface area contributed by atoms with E-state index in [-0.39, 0.29) is 23.4 Å². The predicted octanol–water partition coefficient (Wildman–Crippen LogP) is 2.16. The van der Waals surface area contributed by atoms with Crippen molar-refractivity contribution in [1.82, 2.24) is 19.8 Å². The van der Waals surface area contributed by atoms with E-state index in [1.165, 1.54) is 10.5 Å². The van der Waals surface area contributed by atoms with E-state index in [1.54, 1.807) is 17.9 Å². The van der Waals surface area contributed by atoms with Crippen molar-refractivity contribution in [2.24, 2.45) is 18.4 Å². The molecule has 2 fully saturated rings. The zero-order chi connectivity index (χ0) is 21.2. The van der Waals surface area contributed by atoms with Crippen LogP contribution in [0.2, 0.25) is 0 Å². The van der Waals surface area contributed by atoms with Crippen molar-refractivity contribution in [2.45, 2.75) is 65.0 Å². The first-order valence-electron chi connectivity index (χ1n) is 10.3. The van der Waals surface area contributed by atoms with Gasteiger partial charge >= 0.3 is 16.2 Å². The van der Waals surface area contributed by atoms with Gasteiger partial charge in [-0.1, -0.05) is 27.2 Å².